The molecule has 9 amide bonds. The molecule has 0 aromatic carbocycles. The van der Waals surface area contributed by atoms with Crippen LogP contribution in [0.3, 0.4) is 0 Å². The lowest BCUT2D eigenvalue weighted by atomic mass is 10.0. The molecule has 1 fully saturated rings. The Balaban J connectivity index is 3.72. The summed E-state index contributed by atoms with van der Waals surface area (Å²) in [5, 5.41) is 91.9. The lowest BCUT2D eigenvalue weighted by Crippen LogP contribution is -2.61. The first kappa shape index (κ1) is 60.7. The van der Waals surface area contributed by atoms with Crippen LogP contribution in [-0.2, 0) is 57.5 Å². The van der Waals surface area contributed by atoms with E-state index in [1.54, 1.807) is 0 Å². The van der Waals surface area contributed by atoms with Crippen molar-refractivity contribution in [1.82, 2.24) is 47.1 Å². The van der Waals surface area contributed by atoms with Crippen molar-refractivity contribution in [1.29, 1.82) is 0 Å². The van der Waals surface area contributed by atoms with Gasteiger partial charge < -0.3 is 57.4 Å². The van der Waals surface area contributed by atoms with E-state index in [1.807, 2.05) is 0 Å². The molecule has 390 valence electrons. The highest BCUT2D eigenvalue weighted by Gasteiger charge is 2.33. The number of hydroxylamine groups is 6. The third-order valence-electron chi connectivity index (χ3n) is 9.72. The second kappa shape index (κ2) is 30.9. The molecule has 0 aromatic heterocycles. The predicted molar refractivity (Wildman–Crippen MR) is 233 cm³/mol. The van der Waals surface area contributed by atoms with Crippen molar-refractivity contribution >= 4 is 71.1 Å². The van der Waals surface area contributed by atoms with Gasteiger partial charge in [0.15, 0.2) is 0 Å². The monoisotopic (exact) mass is 999 g/mol. The fourth-order valence-electron chi connectivity index (χ4n) is 6.21. The van der Waals surface area contributed by atoms with E-state index < -0.39 is 179 Å². The standard InChI is InChI=1S/C41H61N9O20/c1-22(16-34(57)58)13-31(54)48(68)10-4-7-25-37(63)42-19-30(53)43-28(20-51)40(66)47-29(21-52)41(67)46-27(9-6-12-50(70)33(56)15-24(3)18-36(61)62)39(65)45-26(38(64)44-25)8-5-11-49(69)32(55)14-23(2)17-35(59)60/h13-15,25-29,51-52,68-70H,4-12,16-21H2,1-3H3,(H,42,63)(H,43,53)(H,44,64)(H,45,65)(H,46,67)(H,47,66)(H,57,58)(H,59,60)(H,61,62)/b22-13-,23-14+,24-15-. The van der Waals surface area contributed by atoms with E-state index in [2.05, 4.69) is 31.9 Å². The lowest BCUT2D eigenvalue weighted by molar-refractivity contribution is -0.160. The van der Waals surface area contributed by atoms with Crippen LogP contribution in [-0.4, -0.2) is 197 Å². The second-order valence-corrected chi connectivity index (χ2v) is 15.9. The summed E-state index contributed by atoms with van der Waals surface area (Å²) in [6, 6.07) is -8.76. The number of nitrogens with zero attached hydrogens (tertiary/aromatic N) is 3. The quantitative estimate of drug-likeness (QED) is 0.0262. The molecular weight excluding hydrogens is 938 g/mol. The fourth-order valence-corrected chi connectivity index (χ4v) is 6.21. The molecule has 0 saturated carbocycles. The largest absolute Gasteiger partial charge is 0.481 e. The van der Waals surface area contributed by atoms with Gasteiger partial charge in [-0.25, -0.2) is 15.2 Å². The summed E-state index contributed by atoms with van der Waals surface area (Å²) < 4.78 is 0. The van der Waals surface area contributed by atoms with Crippen molar-refractivity contribution < 1.29 is 98.7 Å². The van der Waals surface area contributed by atoms with Gasteiger partial charge in [-0.15, -0.1) is 0 Å². The number of carboxylic acid groups (broad SMARTS) is 3. The SMILES string of the molecule is C/C(=C/C(=O)N(O)CCCC1NC(=O)C(CCCN(O)C(=O)/C=C(\C)CC(=O)O)NC(=O)C(CCCN(O)C(=O)/C=C(/C)CC(=O)O)NC(=O)C(CO)NC(=O)C(CO)NC(=O)CNC1=O)CC(=O)O. The maximum absolute atomic E-state index is 14.1. The van der Waals surface area contributed by atoms with Crippen molar-refractivity contribution in [3.05, 3.63) is 34.9 Å². The van der Waals surface area contributed by atoms with Crippen LogP contribution in [0.15, 0.2) is 34.9 Å². The molecular formula is C41H61N9O20. The predicted octanol–water partition coefficient (Wildman–Crippen LogP) is -4.22. The average molecular weight is 1000 g/mol. The molecule has 14 N–H and O–H groups in total. The number of carboxylic acids is 3. The summed E-state index contributed by atoms with van der Waals surface area (Å²) in [7, 11) is 0. The van der Waals surface area contributed by atoms with Crippen LogP contribution >= 0.6 is 0 Å². The first-order valence-electron chi connectivity index (χ1n) is 21.5. The molecule has 1 heterocycles. The topological polar surface area (TPSA) is 449 Å². The molecule has 70 heavy (non-hydrogen) atoms. The molecule has 1 aliphatic heterocycles. The molecule has 0 bridgehead atoms. The first-order valence-corrected chi connectivity index (χ1v) is 21.5. The van der Waals surface area contributed by atoms with Gasteiger partial charge in [0.25, 0.3) is 17.7 Å². The Kier molecular flexibility index (Phi) is 26.8. The van der Waals surface area contributed by atoms with Gasteiger partial charge in [-0.3, -0.25) is 73.2 Å². The van der Waals surface area contributed by atoms with Crippen molar-refractivity contribution in [3.63, 3.8) is 0 Å². The third-order valence-corrected chi connectivity index (χ3v) is 9.72. The van der Waals surface area contributed by atoms with E-state index in [1.165, 1.54) is 20.8 Å². The summed E-state index contributed by atoms with van der Waals surface area (Å²) in [6.07, 6.45) is -1.29. The number of nitrogens with one attached hydrogen (secondary N) is 6. The molecule has 0 spiro atoms. The van der Waals surface area contributed by atoms with E-state index in [-0.39, 0.29) is 51.2 Å². The number of aliphatic hydroxyl groups is 2. The highest BCUT2D eigenvalue weighted by atomic mass is 16.5. The zero-order chi connectivity index (χ0) is 53.2. The summed E-state index contributed by atoms with van der Waals surface area (Å²) in [4.78, 5) is 152. The highest BCUT2D eigenvalue weighted by Crippen LogP contribution is 2.10. The van der Waals surface area contributed by atoms with Gasteiger partial charge in [0.1, 0.15) is 30.2 Å². The Bertz CT molecular complexity index is 2040. The summed E-state index contributed by atoms with van der Waals surface area (Å²) in [6.45, 7) is -0.721. The Morgan fingerprint density at radius 2 is 0.743 bits per heavy atom. The Morgan fingerprint density at radius 3 is 1.04 bits per heavy atom. The van der Waals surface area contributed by atoms with E-state index in [4.69, 9.17) is 15.3 Å². The number of aliphatic carboxylic acids is 3. The molecule has 0 radical (unpaired) electrons. The van der Waals surface area contributed by atoms with Crippen LogP contribution in [0, 0.1) is 0 Å². The van der Waals surface area contributed by atoms with Crippen molar-refractivity contribution in [2.75, 3.05) is 39.4 Å². The normalized spacial score (nSPS) is 20.2. The van der Waals surface area contributed by atoms with Crippen LogP contribution in [0.25, 0.3) is 0 Å². The van der Waals surface area contributed by atoms with E-state index in [9.17, 15) is 83.4 Å². The number of aliphatic hydroxyl groups excluding tert-OH is 2. The van der Waals surface area contributed by atoms with Crippen molar-refractivity contribution in [2.24, 2.45) is 0 Å². The Morgan fingerprint density at radius 1 is 0.471 bits per heavy atom. The average Bonchev–Trinajstić information content (AvgIpc) is 3.26. The van der Waals surface area contributed by atoms with Crippen LogP contribution in [0.4, 0.5) is 0 Å². The minimum Gasteiger partial charge on any atom is -0.481 e. The molecule has 29 heteroatoms. The van der Waals surface area contributed by atoms with E-state index in [0.29, 0.717) is 0 Å². The minimum atomic E-state index is -1.86. The Hall–Kier alpha value is -7.34. The molecule has 5 unspecified atom stereocenters. The molecule has 29 nitrogen and oxygen atoms in total. The van der Waals surface area contributed by atoms with Gasteiger partial charge in [-0.2, -0.15) is 0 Å². The molecule has 0 aliphatic carbocycles. The highest BCUT2D eigenvalue weighted by molar-refractivity contribution is 5.98. The molecule has 0 aromatic rings. The summed E-state index contributed by atoms with van der Waals surface area (Å²) in [5.74, 6) is -13.8. The van der Waals surface area contributed by atoms with Crippen molar-refractivity contribution in [3.8, 4) is 0 Å². The number of carbonyl (C=O) groups is 12. The maximum Gasteiger partial charge on any atom is 0.307 e. The number of rotatable bonds is 23. The van der Waals surface area contributed by atoms with Gasteiger partial charge in [0.05, 0.1) is 39.0 Å². The smallest absolute Gasteiger partial charge is 0.307 e. The number of amides is 9. The zero-order valence-electron chi connectivity index (χ0n) is 38.5. The Labute approximate surface area is 399 Å². The summed E-state index contributed by atoms with van der Waals surface area (Å²) in [5.41, 5.74) is 0.211. The summed E-state index contributed by atoms with van der Waals surface area (Å²) >= 11 is 0. The van der Waals surface area contributed by atoms with Crippen LogP contribution in [0.1, 0.15) is 78.6 Å². The van der Waals surface area contributed by atoms with Gasteiger partial charge in [-0.05, 0) is 59.3 Å². The molecule has 5 atom stereocenters. The van der Waals surface area contributed by atoms with Gasteiger partial charge in [0.2, 0.25) is 35.4 Å². The second-order valence-electron chi connectivity index (χ2n) is 15.9. The molecule has 1 rings (SSSR count). The number of carbonyl (C=O) groups excluding carboxylic acids is 9. The maximum atomic E-state index is 14.1. The molecule has 1 aliphatic rings. The van der Waals surface area contributed by atoms with E-state index in [0.717, 1.165) is 18.2 Å². The van der Waals surface area contributed by atoms with Crippen LogP contribution < -0.4 is 31.9 Å². The zero-order valence-corrected chi connectivity index (χ0v) is 38.5. The number of hydrogen-bond donors (Lipinski definition) is 14. The molecule has 1 saturated heterocycles. The van der Waals surface area contributed by atoms with Crippen molar-refractivity contribution in [2.45, 2.75) is 109 Å². The van der Waals surface area contributed by atoms with E-state index >= 15 is 0 Å². The number of hydrogen-bond acceptors (Lipinski definition) is 17. The van der Waals surface area contributed by atoms with Crippen LogP contribution in [0.2, 0.25) is 0 Å². The first-order chi connectivity index (χ1) is 32.8. The lowest BCUT2D eigenvalue weighted by Gasteiger charge is -2.28. The third kappa shape index (κ3) is 23.6. The van der Waals surface area contributed by atoms with Gasteiger partial charge >= 0.3 is 17.9 Å². The van der Waals surface area contributed by atoms with Gasteiger partial charge in [0, 0.05) is 37.9 Å². The minimum absolute atomic E-state index is 0.0649. The van der Waals surface area contributed by atoms with Gasteiger partial charge in [-0.1, -0.05) is 16.7 Å². The fraction of sp³-hybridized carbons (Fsp3) is 0.561. The van der Waals surface area contributed by atoms with Crippen LogP contribution in [0.5, 0.6) is 0 Å².